The molecule has 3 unspecified atom stereocenters. The highest BCUT2D eigenvalue weighted by atomic mass is 15.2. The van der Waals surface area contributed by atoms with Gasteiger partial charge in [-0.1, -0.05) is 135 Å². The van der Waals surface area contributed by atoms with Gasteiger partial charge in [-0.15, -0.1) is 0 Å². The lowest BCUT2D eigenvalue weighted by Gasteiger charge is -2.30. The Kier molecular flexibility index (Phi) is 6.41. The van der Waals surface area contributed by atoms with E-state index in [2.05, 4.69) is 169 Å². The normalized spacial score (nSPS) is 20.9. The van der Waals surface area contributed by atoms with E-state index < -0.39 is 0 Å². The molecule has 0 amide bonds. The lowest BCUT2D eigenvalue weighted by Crippen LogP contribution is -2.32. The van der Waals surface area contributed by atoms with Crippen molar-refractivity contribution >= 4 is 60.9 Å². The number of benzene rings is 5. The maximum atomic E-state index is 5.42. The number of aliphatic imine (C=N–C) groups is 1. The number of hydrogen-bond donors (Lipinski definition) is 0. The first-order valence-electron chi connectivity index (χ1n) is 17.7. The van der Waals surface area contributed by atoms with E-state index in [1.807, 2.05) is 0 Å². The molecule has 5 aromatic carbocycles. The molecular weight excluding hydrogens is 607 g/mol. The summed E-state index contributed by atoms with van der Waals surface area (Å²) in [6.45, 7) is 9.37. The second kappa shape index (κ2) is 11.0. The molecule has 3 heteroatoms. The number of hydrogen-bond acceptors (Lipinski definition) is 2. The predicted molar refractivity (Wildman–Crippen MR) is 212 cm³/mol. The summed E-state index contributed by atoms with van der Waals surface area (Å²) >= 11 is 0. The van der Waals surface area contributed by atoms with Gasteiger partial charge in [0.25, 0.3) is 0 Å². The molecule has 3 nitrogen and oxygen atoms in total. The summed E-state index contributed by atoms with van der Waals surface area (Å²) in [5.74, 6) is 0.951. The van der Waals surface area contributed by atoms with Crippen molar-refractivity contribution < 1.29 is 0 Å². The Hall–Kier alpha value is -5.93. The zero-order valence-electron chi connectivity index (χ0n) is 28.3. The summed E-state index contributed by atoms with van der Waals surface area (Å²) in [7, 11) is 0. The molecular formula is C47H37N3. The van der Waals surface area contributed by atoms with Crippen molar-refractivity contribution in [3.8, 4) is 0 Å². The number of fused-ring (bicyclic) bond motifs is 5. The van der Waals surface area contributed by atoms with E-state index in [1.54, 1.807) is 5.57 Å². The van der Waals surface area contributed by atoms with E-state index in [0.29, 0.717) is 11.8 Å². The molecule has 3 aliphatic carbocycles. The summed E-state index contributed by atoms with van der Waals surface area (Å²) in [4.78, 5) is 7.99. The molecule has 240 valence electrons. The minimum Gasteiger partial charge on any atom is -0.334 e. The second-order valence-electron chi connectivity index (χ2n) is 14.1. The Labute approximate surface area is 292 Å². The number of anilines is 1. The van der Waals surface area contributed by atoms with Crippen LogP contribution in [-0.2, 0) is 0 Å². The Balaban J connectivity index is 1.20. The van der Waals surface area contributed by atoms with Gasteiger partial charge < -0.3 is 9.47 Å². The molecule has 50 heavy (non-hydrogen) atoms. The smallest absolute Gasteiger partial charge is 0.0811 e. The molecule has 3 atom stereocenters. The average Bonchev–Trinajstić information content (AvgIpc) is 3.78. The van der Waals surface area contributed by atoms with Gasteiger partial charge in [-0.25, -0.2) is 0 Å². The Bertz CT molecular complexity index is 2610. The fourth-order valence-corrected chi connectivity index (χ4v) is 8.90. The van der Waals surface area contributed by atoms with Crippen LogP contribution in [0.1, 0.15) is 37.0 Å². The van der Waals surface area contributed by atoms with Gasteiger partial charge in [-0.05, 0) is 71.0 Å². The van der Waals surface area contributed by atoms with Crippen LogP contribution >= 0.6 is 0 Å². The van der Waals surface area contributed by atoms with Crippen LogP contribution in [0.5, 0.6) is 0 Å². The highest BCUT2D eigenvalue weighted by molar-refractivity contribution is 6.26. The van der Waals surface area contributed by atoms with Crippen molar-refractivity contribution in [2.45, 2.75) is 26.3 Å². The minimum atomic E-state index is 0.268. The number of nitrogens with zero attached hydrogens (tertiary/aromatic N) is 3. The summed E-state index contributed by atoms with van der Waals surface area (Å²) in [5.41, 5.74) is 13.8. The molecule has 10 rings (SSSR count). The molecule has 4 aliphatic rings. The third-order valence-corrected chi connectivity index (χ3v) is 11.2. The van der Waals surface area contributed by atoms with Crippen molar-refractivity contribution in [2.75, 3.05) is 4.90 Å². The number of allylic oxidation sites excluding steroid dienone is 6. The van der Waals surface area contributed by atoms with E-state index in [-0.39, 0.29) is 6.04 Å². The minimum absolute atomic E-state index is 0.268. The van der Waals surface area contributed by atoms with Crippen LogP contribution in [0.3, 0.4) is 0 Å². The molecule has 0 N–H and O–H groups in total. The molecule has 0 radical (unpaired) electrons. The summed E-state index contributed by atoms with van der Waals surface area (Å²) < 4.78 is 2.39. The Morgan fingerprint density at radius 2 is 1.52 bits per heavy atom. The van der Waals surface area contributed by atoms with E-state index in [1.165, 1.54) is 38.5 Å². The van der Waals surface area contributed by atoms with E-state index in [9.17, 15) is 0 Å². The molecule has 1 aliphatic heterocycles. The zero-order valence-corrected chi connectivity index (χ0v) is 28.3. The maximum absolute atomic E-state index is 5.42. The van der Waals surface area contributed by atoms with Crippen molar-refractivity contribution in [2.24, 2.45) is 16.8 Å². The Morgan fingerprint density at radius 1 is 0.760 bits per heavy atom. The predicted octanol–water partition coefficient (Wildman–Crippen LogP) is 11.6. The van der Waals surface area contributed by atoms with Gasteiger partial charge in [0.15, 0.2) is 0 Å². The topological polar surface area (TPSA) is 20.5 Å². The van der Waals surface area contributed by atoms with E-state index in [4.69, 9.17) is 11.6 Å². The summed E-state index contributed by atoms with van der Waals surface area (Å²) in [5, 5.41) is 4.91. The lowest BCUT2D eigenvalue weighted by molar-refractivity contribution is 0.616. The first kappa shape index (κ1) is 29.0. The summed E-state index contributed by atoms with van der Waals surface area (Å²) in [6, 6.07) is 39.7. The van der Waals surface area contributed by atoms with Crippen molar-refractivity contribution in [3.05, 3.63) is 180 Å². The third kappa shape index (κ3) is 4.19. The molecule has 6 aromatic rings. The number of para-hydroxylation sites is 1. The maximum Gasteiger partial charge on any atom is 0.0811 e. The first-order chi connectivity index (χ1) is 24.6. The van der Waals surface area contributed by atoms with Crippen LogP contribution in [0.15, 0.2) is 168 Å². The quantitative estimate of drug-likeness (QED) is 0.171. The van der Waals surface area contributed by atoms with Crippen LogP contribution in [0.2, 0.25) is 0 Å². The molecule has 0 saturated carbocycles. The van der Waals surface area contributed by atoms with Gasteiger partial charge in [0.05, 0.1) is 22.8 Å². The standard InChI is InChI=1S/C47H37N3/c1-29-23-26-43-40(27-29)36-18-8-10-22-42(36)50(43)34-24-25-37-35-17-7-9-21-41(35)49(44(37)28-34)31(3)45-38-19-11-15-33-16-12-20-39(46(33)38)47(45)48-30(2)32-13-5-4-6-14-32/h4-26,28-29,36,42H,3,27H2,1-2H3. The highest BCUT2D eigenvalue weighted by Crippen LogP contribution is 2.50. The number of aromatic nitrogens is 1. The van der Waals surface area contributed by atoms with E-state index in [0.717, 1.165) is 51.3 Å². The van der Waals surface area contributed by atoms with Crippen LogP contribution < -0.4 is 4.90 Å². The third-order valence-electron chi connectivity index (χ3n) is 11.2. The molecule has 0 bridgehead atoms. The fraction of sp³-hybridized carbons (Fsp3) is 0.128. The monoisotopic (exact) mass is 643 g/mol. The van der Waals surface area contributed by atoms with Gasteiger partial charge in [0.2, 0.25) is 0 Å². The van der Waals surface area contributed by atoms with Crippen molar-refractivity contribution in [1.82, 2.24) is 4.57 Å². The van der Waals surface area contributed by atoms with Gasteiger partial charge in [0.1, 0.15) is 0 Å². The molecule has 1 aromatic heterocycles. The van der Waals surface area contributed by atoms with Crippen molar-refractivity contribution in [1.29, 1.82) is 0 Å². The zero-order chi connectivity index (χ0) is 33.5. The Morgan fingerprint density at radius 3 is 2.38 bits per heavy atom. The van der Waals surface area contributed by atoms with Crippen LogP contribution in [0.4, 0.5) is 5.69 Å². The fourth-order valence-electron chi connectivity index (χ4n) is 8.90. The number of rotatable bonds is 5. The van der Waals surface area contributed by atoms with Gasteiger partial charge >= 0.3 is 0 Å². The molecule has 2 heterocycles. The van der Waals surface area contributed by atoms with Crippen molar-refractivity contribution in [3.63, 3.8) is 0 Å². The van der Waals surface area contributed by atoms with Crippen LogP contribution in [-0.4, -0.2) is 16.3 Å². The largest absolute Gasteiger partial charge is 0.334 e. The SMILES string of the molecule is C=C(C1=C(N=C(C)c2ccccc2)c2cccc3cccc1c23)n1c2ccccc2c2ccc(N3C4=C(CC(C)C=C4)C4C=CC=CC43)cc21. The van der Waals surface area contributed by atoms with Crippen LogP contribution in [0, 0.1) is 11.8 Å². The van der Waals surface area contributed by atoms with Gasteiger partial charge in [-0.2, -0.15) is 0 Å². The van der Waals surface area contributed by atoms with E-state index >= 15 is 0 Å². The summed E-state index contributed by atoms with van der Waals surface area (Å²) in [6.07, 6.45) is 15.0. The second-order valence-corrected chi connectivity index (χ2v) is 14.1. The van der Waals surface area contributed by atoms with Gasteiger partial charge in [0, 0.05) is 50.6 Å². The highest BCUT2D eigenvalue weighted by Gasteiger charge is 2.40. The average molecular weight is 644 g/mol. The molecule has 0 spiro atoms. The molecule has 0 saturated heterocycles. The van der Waals surface area contributed by atoms with Crippen LogP contribution in [0.25, 0.3) is 49.5 Å². The lowest BCUT2D eigenvalue weighted by atomic mass is 9.84. The molecule has 0 fully saturated rings. The first-order valence-corrected chi connectivity index (χ1v) is 17.7. The van der Waals surface area contributed by atoms with Gasteiger partial charge in [-0.3, -0.25) is 4.99 Å².